The fourth-order valence-electron chi connectivity index (χ4n) is 3.78. The number of hydrogen-bond acceptors (Lipinski definition) is 4. The van der Waals surface area contributed by atoms with E-state index in [0.29, 0.717) is 0 Å². The van der Waals surface area contributed by atoms with E-state index in [9.17, 15) is 14.4 Å². The van der Waals surface area contributed by atoms with Crippen LogP contribution in [-0.2, 0) is 14.3 Å². The standard InChI is InChI=1S/C25H28N2O5/c1-16(2)11-12-22(24(30)26-14-13-23(28)29)27-25(31)32-15-21-19-9-5-3-7-17(19)18-8-4-6-10-20(18)21/h3-11,21-22H,12-15H2,1-2H3,(H,26,30)(H,27,31)(H,28,29). The van der Waals surface area contributed by atoms with Crippen LogP contribution in [0.5, 0.6) is 0 Å². The molecule has 0 spiro atoms. The summed E-state index contributed by atoms with van der Waals surface area (Å²) in [7, 11) is 0. The number of rotatable bonds is 9. The van der Waals surface area contributed by atoms with Crippen LogP contribution in [-0.4, -0.2) is 42.3 Å². The molecule has 2 aromatic rings. The second-order valence-electron chi connectivity index (χ2n) is 7.97. The predicted molar refractivity (Wildman–Crippen MR) is 121 cm³/mol. The van der Waals surface area contributed by atoms with Gasteiger partial charge in [-0.3, -0.25) is 9.59 Å². The van der Waals surface area contributed by atoms with Crippen molar-refractivity contribution in [3.63, 3.8) is 0 Å². The Kier molecular flexibility index (Phi) is 7.65. The van der Waals surface area contributed by atoms with Gasteiger partial charge >= 0.3 is 12.1 Å². The molecule has 1 aliphatic carbocycles. The van der Waals surface area contributed by atoms with Gasteiger partial charge < -0.3 is 20.5 Å². The molecule has 0 saturated carbocycles. The molecule has 0 heterocycles. The van der Waals surface area contributed by atoms with E-state index >= 15 is 0 Å². The Morgan fingerprint density at radius 1 is 1.03 bits per heavy atom. The zero-order valence-corrected chi connectivity index (χ0v) is 18.3. The largest absolute Gasteiger partial charge is 0.481 e. The number of fused-ring (bicyclic) bond motifs is 3. The molecular formula is C25H28N2O5. The number of allylic oxidation sites excluding steroid dienone is 1. The fourth-order valence-corrected chi connectivity index (χ4v) is 3.78. The molecule has 0 saturated heterocycles. The van der Waals surface area contributed by atoms with Crippen molar-refractivity contribution in [2.75, 3.05) is 13.2 Å². The van der Waals surface area contributed by atoms with Gasteiger partial charge in [-0.25, -0.2) is 4.79 Å². The van der Waals surface area contributed by atoms with Gasteiger partial charge in [-0.2, -0.15) is 0 Å². The first-order chi connectivity index (χ1) is 15.4. The smallest absolute Gasteiger partial charge is 0.407 e. The van der Waals surface area contributed by atoms with Crippen molar-refractivity contribution < 1.29 is 24.2 Å². The van der Waals surface area contributed by atoms with Crippen LogP contribution in [0.3, 0.4) is 0 Å². The molecule has 168 valence electrons. The molecule has 0 radical (unpaired) electrons. The number of benzene rings is 2. The Labute approximate surface area is 187 Å². The van der Waals surface area contributed by atoms with Gasteiger partial charge in [0.15, 0.2) is 0 Å². The van der Waals surface area contributed by atoms with Crippen LogP contribution in [0.15, 0.2) is 60.2 Å². The summed E-state index contributed by atoms with van der Waals surface area (Å²) in [6.07, 6.45) is 1.25. The van der Waals surface area contributed by atoms with Crippen molar-refractivity contribution in [1.29, 1.82) is 0 Å². The lowest BCUT2D eigenvalue weighted by molar-refractivity contribution is -0.137. The van der Waals surface area contributed by atoms with E-state index in [2.05, 4.69) is 22.8 Å². The number of alkyl carbamates (subject to hydrolysis) is 1. The van der Waals surface area contributed by atoms with Crippen molar-refractivity contribution in [1.82, 2.24) is 10.6 Å². The molecule has 0 bridgehead atoms. The molecule has 2 aromatic carbocycles. The highest BCUT2D eigenvalue weighted by atomic mass is 16.5. The first kappa shape index (κ1) is 23.1. The molecule has 2 amide bonds. The molecule has 7 nitrogen and oxygen atoms in total. The summed E-state index contributed by atoms with van der Waals surface area (Å²) in [6, 6.07) is 15.3. The summed E-state index contributed by atoms with van der Waals surface area (Å²) in [5.41, 5.74) is 5.48. The number of carbonyl (C=O) groups is 3. The van der Waals surface area contributed by atoms with Gasteiger partial charge in [0.2, 0.25) is 5.91 Å². The van der Waals surface area contributed by atoms with E-state index < -0.39 is 24.0 Å². The first-order valence-electron chi connectivity index (χ1n) is 10.6. The van der Waals surface area contributed by atoms with Crippen LogP contribution in [0, 0.1) is 0 Å². The molecule has 1 aliphatic rings. The second-order valence-corrected chi connectivity index (χ2v) is 7.97. The third-order valence-electron chi connectivity index (χ3n) is 5.35. The number of aliphatic carboxylic acids is 1. The number of amides is 2. The first-order valence-corrected chi connectivity index (χ1v) is 10.6. The Balaban J connectivity index is 1.64. The number of nitrogens with one attached hydrogen (secondary N) is 2. The maximum Gasteiger partial charge on any atom is 0.407 e. The van der Waals surface area contributed by atoms with Gasteiger partial charge in [0.1, 0.15) is 12.6 Å². The van der Waals surface area contributed by atoms with E-state index in [-0.39, 0.29) is 31.9 Å². The van der Waals surface area contributed by atoms with Gasteiger partial charge in [-0.15, -0.1) is 0 Å². The summed E-state index contributed by atoms with van der Waals surface area (Å²) < 4.78 is 5.52. The van der Waals surface area contributed by atoms with Crippen LogP contribution < -0.4 is 10.6 Å². The summed E-state index contributed by atoms with van der Waals surface area (Å²) in [5.74, 6) is -1.53. The van der Waals surface area contributed by atoms with Crippen LogP contribution in [0.4, 0.5) is 4.79 Å². The van der Waals surface area contributed by atoms with Crippen LogP contribution in [0.25, 0.3) is 11.1 Å². The van der Waals surface area contributed by atoms with E-state index in [4.69, 9.17) is 9.84 Å². The van der Waals surface area contributed by atoms with Crippen molar-refractivity contribution in [2.45, 2.75) is 38.6 Å². The molecule has 0 fully saturated rings. The summed E-state index contributed by atoms with van der Waals surface area (Å²) in [6.45, 7) is 3.93. The van der Waals surface area contributed by atoms with E-state index in [1.807, 2.05) is 56.3 Å². The molecular weight excluding hydrogens is 408 g/mol. The summed E-state index contributed by atoms with van der Waals surface area (Å²) in [5, 5.41) is 13.9. The zero-order valence-electron chi connectivity index (χ0n) is 18.3. The highest BCUT2D eigenvalue weighted by Gasteiger charge is 2.29. The molecule has 7 heteroatoms. The van der Waals surface area contributed by atoms with Gasteiger partial charge in [-0.1, -0.05) is 60.2 Å². The average molecular weight is 437 g/mol. The van der Waals surface area contributed by atoms with Crippen molar-refractivity contribution in [3.8, 4) is 11.1 Å². The molecule has 3 rings (SSSR count). The number of carboxylic acids is 1. The quantitative estimate of drug-likeness (QED) is 0.518. The molecule has 1 unspecified atom stereocenters. The van der Waals surface area contributed by atoms with Gasteiger partial charge in [0, 0.05) is 12.5 Å². The molecule has 32 heavy (non-hydrogen) atoms. The van der Waals surface area contributed by atoms with Gasteiger partial charge in [-0.05, 0) is 42.5 Å². The average Bonchev–Trinajstić information content (AvgIpc) is 3.08. The van der Waals surface area contributed by atoms with Gasteiger partial charge in [0.05, 0.1) is 6.42 Å². The third-order valence-corrected chi connectivity index (χ3v) is 5.35. The number of ether oxygens (including phenoxy) is 1. The van der Waals surface area contributed by atoms with E-state index in [0.717, 1.165) is 27.8 Å². The lowest BCUT2D eigenvalue weighted by atomic mass is 9.98. The second kappa shape index (κ2) is 10.6. The molecule has 0 aliphatic heterocycles. The minimum Gasteiger partial charge on any atom is -0.481 e. The summed E-state index contributed by atoms with van der Waals surface area (Å²) in [4.78, 5) is 35.7. The lowest BCUT2D eigenvalue weighted by Gasteiger charge is -2.19. The minimum atomic E-state index is -1.00. The van der Waals surface area contributed by atoms with Crippen LogP contribution >= 0.6 is 0 Å². The van der Waals surface area contributed by atoms with Crippen molar-refractivity contribution >= 4 is 18.0 Å². The maximum absolute atomic E-state index is 12.5. The number of carboxylic acid groups (broad SMARTS) is 1. The highest BCUT2D eigenvalue weighted by molar-refractivity contribution is 5.86. The number of hydrogen-bond donors (Lipinski definition) is 3. The Bertz CT molecular complexity index is 981. The molecule has 0 aromatic heterocycles. The Hall–Kier alpha value is -3.61. The Morgan fingerprint density at radius 3 is 2.19 bits per heavy atom. The third kappa shape index (κ3) is 5.75. The van der Waals surface area contributed by atoms with E-state index in [1.54, 1.807) is 0 Å². The topological polar surface area (TPSA) is 105 Å². The zero-order chi connectivity index (χ0) is 23.1. The monoisotopic (exact) mass is 436 g/mol. The highest BCUT2D eigenvalue weighted by Crippen LogP contribution is 2.44. The lowest BCUT2D eigenvalue weighted by Crippen LogP contribution is -2.47. The predicted octanol–water partition coefficient (Wildman–Crippen LogP) is 3.84. The van der Waals surface area contributed by atoms with Crippen LogP contribution in [0.1, 0.15) is 43.7 Å². The minimum absolute atomic E-state index is 0.00808. The molecule has 1 atom stereocenters. The van der Waals surface area contributed by atoms with Crippen molar-refractivity contribution in [2.24, 2.45) is 0 Å². The van der Waals surface area contributed by atoms with Crippen LogP contribution in [0.2, 0.25) is 0 Å². The normalized spacial score (nSPS) is 12.8. The SMILES string of the molecule is CC(C)=CCC(NC(=O)OCC1c2ccccc2-c2ccccc21)C(=O)NCCC(=O)O. The molecule has 3 N–H and O–H groups in total. The Morgan fingerprint density at radius 2 is 1.62 bits per heavy atom. The number of carbonyl (C=O) groups excluding carboxylic acids is 2. The fraction of sp³-hybridized carbons (Fsp3) is 0.320. The van der Waals surface area contributed by atoms with E-state index in [1.165, 1.54) is 0 Å². The maximum atomic E-state index is 12.5. The summed E-state index contributed by atoms with van der Waals surface area (Å²) >= 11 is 0. The van der Waals surface area contributed by atoms with Gasteiger partial charge in [0.25, 0.3) is 0 Å². The van der Waals surface area contributed by atoms with Crippen molar-refractivity contribution in [3.05, 3.63) is 71.3 Å².